The first-order valence-corrected chi connectivity index (χ1v) is 2.72. The molecule has 0 aromatic heterocycles. The van der Waals surface area contributed by atoms with Crippen LogP contribution in [0.5, 0.6) is 0 Å². The van der Waals surface area contributed by atoms with E-state index in [1.807, 2.05) is 6.92 Å². The van der Waals surface area contributed by atoms with Crippen molar-refractivity contribution in [3.05, 3.63) is 0 Å². The monoisotopic (exact) mass is 134 g/mol. The molecule has 3 nitrogen and oxygen atoms in total. The normalized spacial score (nSPS) is 11.5. The second-order valence-electron chi connectivity index (χ2n) is 1.32. The lowest BCUT2D eigenvalue weighted by atomic mass is 10.3. The molecule has 0 aliphatic carbocycles. The third-order valence-corrected chi connectivity index (χ3v) is 0.688. The van der Waals surface area contributed by atoms with E-state index in [0.717, 1.165) is 6.42 Å². The lowest BCUT2D eigenvalue weighted by molar-refractivity contribution is 0.341. The van der Waals surface area contributed by atoms with E-state index >= 15 is 0 Å². The van der Waals surface area contributed by atoms with Gasteiger partial charge in [0.1, 0.15) is 0 Å². The molecule has 0 saturated carbocycles. The standard InChI is InChI=1S/C4H8NO2S/c1-2-3-4(6)5-7-8/h8H,2-3H2,1H3. The Morgan fingerprint density at radius 2 is 2.50 bits per heavy atom. The molecule has 1 radical (unpaired) electrons. The first-order chi connectivity index (χ1) is 3.81. The summed E-state index contributed by atoms with van der Waals surface area (Å²) in [5.74, 6) is -0.262. The molecule has 0 saturated heterocycles. The van der Waals surface area contributed by atoms with E-state index in [0.29, 0.717) is 6.42 Å². The van der Waals surface area contributed by atoms with E-state index in [1.54, 1.807) is 0 Å². The average Bonchev–Trinajstić information content (AvgIpc) is 1.68. The number of oxime groups is 1. The lowest BCUT2D eigenvalue weighted by Crippen LogP contribution is -1.90. The minimum Gasteiger partial charge on any atom is -0.322 e. The fourth-order valence-corrected chi connectivity index (χ4v) is 0.396. The maximum atomic E-state index is 10.3. The van der Waals surface area contributed by atoms with E-state index in [4.69, 9.17) is 0 Å². The van der Waals surface area contributed by atoms with Crippen molar-refractivity contribution in [2.75, 3.05) is 0 Å². The van der Waals surface area contributed by atoms with Crippen molar-refractivity contribution in [3.8, 4) is 0 Å². The smallest absolute Gasteiger partial charge is 0.282 e. The van der Waals surface area contributed by atoms with Crippen molar-refractivity contribution < 1.29 is 9.39 Å². The second-order valence-corrected chi connectivity index (χ2v) is 1.48. The minimum atomic E-state index is -0.262. The summed E-state index contributed by atoms with van der Waals surface area (Å²) < 4.78 is 3.93. The first-order valence-electron chi connectivity index (χ1n) is 2.35. The Morgan fingerprint density at radius 1 is 1.88 bits per heavy atom. The summed E-state index contributed by atoms with van der Waals surface area (Å²) >= 11 is 3.27. The van der Waals surface area contributed by atoms with Gasteiger partial charge in [0, 0.05) is 6.42 Å². The van der Waals surface area contributed by atoms with Gasteiger partial charge in [-0.25, -0.2) is 0 Å². The molecule has 0 rings (SSSR count). The number of thiol groups is 1. The maximum Gasteiger partial charge on any atom is 0.282 e. The van der Waals surface area contributed by atoms with Crippen LogP contribution < -0.4 is 0 Å². The number of hydrogen-bond acceptors (Lipinski definition) is 3. The van der Waals surface area contributed by atoms with E-state index in [2.05, 4.69) is 22.3 Å². The largest absolute Gasteiger partial charge is 0.322 e. The number of hydrogen-bond donors (Lipinski definition) is 1. The molecular formula is C4H8NO2S. The molecule has 0 aromatic rings. The summed E-state index contributed by atoms with van der Waals surface area (Å²) in [6, 6.07) is 0. The quantitative estimate of drug-likeness (QED) is 0.205. The molecule has 0 aliphatic heterocycles. The Kier molecular flexibility index (Phi) is 4.54. The molecule has 8 heavy (non-hydrogen) atoms. The predicted molar refractivity (Wildman–Crippen MR) is 33.1 cm³/mol. The van der Waals surface area contributed by atoms with Crippen LogP contribution >= 0.6 is 12.9 Å². The Labute approximate surface area is 54.0 Å². The fourth-order valence-electron chi connectivity index (χ4n) is 0.305. The van der Waals surface area contributed by atoms with Gasteiger partial charge in [-0.1, -0.05) is 6.92 Å². The highest BCUT2D eigenvalue weighted by molar-refractivity contribution is 7.75. The summed E-state index contributed by atoms with van der Waals surface area (Å²) in [5.41, 5.74) is 0. The van der Waals surface area contributed by atoms with E-state index in [9.17, 15) is 5.11 Å². The van der Waals surface area contributed by atoms with Gasteiger partial charge in [-0.3, -0.25) is 5.11 Å². The van der Waals surface area contributed by atoms with Crippen molar-refractivity contribution in [1.29, 1.82) is 0 Å². The Hall–Kier alpha value is -0.380. The van der Waals surface area contributed by atoms with E-state index in [-0.39, 0.29) is 5.90 Å². The molecule has 0 heterocycles. The first kappa shape index (κ1) is 7.62. The van der Waals surface area contributed by atoms with Gasteiger partial charge in [-0.05, 0) is 11.6 Å². The van der Waals surface area contributed by atoms with Crippen LogP contribution in [0.1, 0.15) is 19.8 Å². The van der Waals surface area contributed by atoms with E-state index in [1.165, 1.54) is 0 Å². The van der Waals surface area contributed by atoms with Crippen LogP contribution in [-0.2, 0) is 9.39 Å². The zero-order valence-electron chi connectivity index (χ0n) is 4.63. The Bertz CT molecular complexity index is 84.1. The topological polar surface area (TPSA) is 41.5 Å². The van der Waals surface area contributed by atoms with Crippen molar-refractivity contribution in [2.24, 2.45) is 5.16 Å². The molecule has 0 aliphatic rings. The highest BCUT2D eigenvalue weighted by Crippen LogP contribution is 1.90. The molecule has 0 bridgehead atoms. The van der Waals surface area contributed by atoms with Crippen molar-refractivity contribution in [3.63, 3.8) is 0 Å². The molecule has 0 atom stereocenters. The van der Waals surface area contributed by atoms with Gasteiger partial charge >= 0.3 is 0 Å². The highest BCUT2D eigenvalue weighted by Gasteiger charge is 1.93. The number of rotatable bonds is 3. The molecular weight excluding hydrogens is 126 g/mol. The molecule has 47 valence electrons. The predicted octanol–water partition coefficient (Wildman–Crippen LogP) is 1.39. The molecule has 0 spiro atoms. The number of nitrogens with zero attached hydrogens (tertiary/aromatic N) is 1. The van der Waals surface area contributed by atoms with Crippen LogP contribution in [-0.4, -0.2) is 5.90 Å². The van der Waals surface area contributed by atoms with Gasteiger partial charge in [0.15, 0.2) is 0 Å². The molecule has 0 aromatic carbocycles. The third kappa shape index (κ3) is 3.80. The Balaban J connectivity index is 3.29. The van der Waals surface area contributed by atoms with Gasteiger partial charge in [0.25, 0.3) is 5.90 Å². The van der Waals surface area contributed by atoms with Gasteiger partial charge in [-0.15, -0.1) is 0 Å². The van der Waals surface area contributed by atoms with Crippen LogP contribution in [0.25, 0.3) is 0 Å². The zero-order chi connectivity index (χ0) is 6.41. The zero-order valence-corrected chi connectivity index (χ0v) is 5.52. The van der Waals surface area contributed by atoms with Crippen LogP contribution in [0.2, 0.25) is 0 Å². The maximum absolute atomic E-state index is 10.3. The van der Waals surface area contributed by atoms with Gasteiger partial charge in [-0.2, -0.15) is 0 Å². The summed E-state index contributed by atoms with van der Waals surface area (Å²) in [4.78, 5) is 0. The molecule has 4 heteroatoms. The SMILES string of the molecule is CCCC([O])=NOS. The summed E-state index contributed by atoms with van der Waals surface area (Å²) in [5, 5.41) is 13.3. The lowest BCUT2D eigenvalue weighted by Gasteiger charge is -1.86. The van der Waals surface area contributed by atoms with Crippen molar-refractivity contribution in [2.45, 2.75) is 19.8 Å². The fraction of sp³-hybridized carbons (Fsp3) is 0.750. The molecule has 0 amide bonds. The van der Waals surface area contributed by atoms with Crippen molar-refractivity contribution in [1.82, 2.24) is 0 Å². The van der Waals surface area contributed by atoms with Crippen LogP contribution in [0.4, 0.5) is 0 Å². The third-order valence-electron chi connectivity index (χ3n) is 0.607. The van der Waals surface area contributed by atoms with Crippen LogP contribution in [0.3, 0.4) is 0 Å². The molecule has 0 N–H and O–H groups in total. The van der Waals surface area contributed by atoms with Crippen LogP contribution in [0.15, 0.2) is 5.16 Å². The second kappa shape index (κ2) is 4.77. The van der Waals surface area contributed by atoms with E-state index < -0.39 is 0 Å². The van der Waals surface area contributed by atoms with Crippen LogP contribution in [0, 0.1) is 0 Å². The summed E-state index contributed by atoms with van der Waals surface area (Å²) in [7, 11) is 0. The van der Waals surface area contributed by atoms with Crippen molar-refractivity contribution >= 4 is 18.8 Å². The molecule has 0 fully saturated rings. The highest BCUT2D eigenvalue weighted by atomic mass is 32.1. The summed E-state index contributed by atoms with van der Waals surface area (Å²) in [6.07, 6.45) is 1.22. The minimum absolute atomic E-state index is 0.262. The Morgan fingerprint density at radius 3 is 2.88 bits per heavy atom. The van der Waals surface area contributed by atoms with Gasteiger partial charge in [0.2, 0.25) is 0 Å². The summed E-state index contributed by atoms with van der Waals surface area (Å²) in [6.45, 7) is 1.89. The average molecular weight is 134 g/mol. The van der Waals surface area contributed by atoms with Gasteiger partial charge in [0.05, 0.1) is 12.9 Å². The van der Waals surface area contributed by atoms with Gasteiger partial charge < -0.3 is 4.28 Å². The molecule has 0 unspecified atom stereocenters.